The minimum Gasteiger partial charge on any atom is -0.398 e. The number of carbonyl (C=O) groups excluding carboxylic acids is 1. The summed E-state index contributed by atoms with van der Waals surface area (Å²) in [5, 5.41) is 13.2. The molecule has 1 aliphatic rings. The molecule has 4 heterocycles. The second-order valence-corrected chi connectivity index (χ2v) is 9.43. The van der Waals surface area contributed by atoms with E-state index >= 15 is 0 Å². The second-order valence-electron chi connectivity index (χ2n) is 9.43. The molecule has 0 bridgehead atoms. The Morgan fingerprint density at radius 3 is 2.69 bits per heavy atom. The van der Waals surface area contributed by atoms with Gasteiger partial charge in [-0.25, -0.2) is 4.98 Å². The standard InChI is InChI=1S/C27H26N8O/c1-15-4-6-29-26(23-5-7-31-35(23)3)25(15)17-8-16-10-24(30-13-21(16)22(28)9-17)33-27(36)20-11-19(20)18-12-32-34(2)14-18/h4-10,12-14,19-20H,11,28H2,1-3H3,(H,30,33,36)/t19-,20+/m1/s1. The molecule has 1 amide bonds. The van der Waals surface area contributed by atoms with Crippen LogP contribution in [0.15, 0.2) is 61.3 Å². The van der Waals surface area contributed by atoms with Gasteiger partial charge in [0.1, 0.15) is 5.82 Å². The van der Waals surface area contributed by atoms with Crippen molar-refractivity contribution in [3.05, 3.63) is 72.4 Å². The predicted octanol–water partition coefficient (Wildman–Crippen LogP) is 4.06. The Morgan fingerprint density at radius 2 is 1.94 bits per heavy atom. The van der Waals surface area contributed by atoms with Crippen LogP contribution in [0.1, 0.15) is 23.5 Å². The number of nitrogen functional groups attached to an aromatic ring is 1. The molecule has 36 heavy (non-hydrogen) atoms. The Hall–Kier alpha value is -4.53. The van der Waals surface area contributed by atoms with Gasteiger partial charge in [-0.2, -0.15) is 10.2 Å². The summed E-state index contributed by atoms with van der Waals surface area (Å²) in [5.41, 5.74) is 13.0. The third-order valence-electron chi connectivity index (χ3n) is 6.91. The van der Waals surface area contributed by atoms with Gasteiger partial charge in [0.25, 0.3) is 0 Å². The summed E-state index contributed by atoms with van der Waals surface area (Å²) in [6.45, 7) is 2.06. The van der Waals surface area contributed by atoms with Crippen molar-refractivity contribution in [2.24, 2.45) is 20.0 Å². The van der Waals surface area contributed by atoms with Gasteiger partial charge in [0.05, 0.1) is 17.6 Å². The fourth-order valence-electron chi connectivity index (χ4n) is 4.93. The van der Waals surface area contributed by atoms with Crippen LogP contribution in [0.3, 0.4) is 0 Å². The molecule has 1 aliphatic carbocycles. The van der Waals surface area contributed by atoms with Gasteiger partial charge in [-0.1, -0.05) is 0 Å². The van der Waals surface area contributed by atoms with Crippen molar-refractivity contribution in [1.29, 1.82) is 0 Å². The highest BCUT2D eigenvalue weighted by Gasteiger charge is 2.44. The number of nitrogens with two attached hydrogens (primary N) is 1. The summed E-state index contributed by atoms with van der Waals surface area (Å²) in [7, 11) is 3.78. The Morgan fingerprint density at radius 1 is 1.08 bits per heavy atom. The van der Waals surface area contributed by atoms with Crippen LogP contribution in [0.5, 0.6) is 0 Å². The number of nitrogens with one attached hydrogen (secondary N) is 1. The number of pyridine rings is 2. The highest BCUT2D eigenvalue weighted by atomic mass is 16.2. The fourth-order valence-corrected chi connectivity index (χ4v) is 4.93. The third kappa shape index (κ3) is 3.78. The van der Waals surface area contributed by atoms with Crippen LogP contribution in [0.25, 0.3) is 33.3 Å². The van der Waals surface area contributed by atoms with Crippen molar-refractivity contribution in [3.63, 3.8) is 0 Å². The lowest BCUT2D eigenvalue weighted by molar-refractivity contribution is -0.117. The van der Waals surface area contributed by atoms with Gasteiger partial charge in [0.2, 0.25) is 5.91 Å². The molecule has 9 heteroatoms. The molecule has 1 aromatic carbocycles. The first-order chi connectivity index (χ1) is 17.4. The summed E-state index contributed by atoms with van der Waals surface area (Å²) in [5.74, 6) is 0.625. The van der Waals surface area contributed by atoms with E-state index < -0.39 is 0 Å². The van der Waals surface area contributed by atoms with Crippen molar-refractivity contribution in [2.45, 2.75) is 19.3 Å². The molecule has 1 saturated carbocycles. The van der Waals surface area contributed by atoms with E-state index in [2.05, 4.69) is 38.5 Å². The van der Waals surface area contributed by atoms with Gasteiger partial charge in [0, 0.05) is 61.4 Å². The van der Waals surface area contributed by atoms with E-state index in [-0.39, 0.29) is 17.7 Å². The summed E-state index contributed by atoms with van der Waals surface area (Å²) in [6, 6.07) is 9.84. The molecular formula is C27H26N8O. The van der Waals surface area contributed by atoms with E-state index in [0.29, 0.717) is 11.5 Å². The van der Waals surface area contributed by atoms with Crippen molar-refractivity contribution in [3.8, 4) is 22.5 Å². The Labute approximate surface area is 208 Å². The lowest BCUT2D eigenvalue weighted by atomic mass is 9.95. The molecular weight excluding hydrogens is 452 g/mol. The van der Waals surface area contributed by atoms with E-state index in [1.54, 1.807) is 23.3 Å². The molecule has 0 saturated heterocycles. The summed E-state index contributed by atoms with van der Waals surface area (Å²) in [4.78, 5) is 22.0. The molecule has 6 rings (SSSR count). The van der Waals surface area contributed by atoms with Gasteiger partial charge >= 0.3 is 0 Å². The molecule has 1 fully saturated rings. The van der Waals surface area contributed by atoms with Gasteiger partial charge in [-0.05, 0) is 71.7 Å². The molecule has 180 valence electrons. The van der Waals surface area contributed by atoms with E-state index in [1.165, 1.54) is 0 Å². The van der Waals surface area contributed by atoms with Crippen LogP contribution in [0, 0.1) is 12.8 Å². The maximum atomic E-state index is 12.9. The maximum Gasteiger partial charge on any atom is 0.229 e. The molecule has 0 spiro atoms. The highest BCUT2D eigenvalue weighted by molar-refractivity contribution is 6.01. The summed E-state index contributed by atoms with van der Waals surface area (Å²) < 4.78 is 3.57. The summed E-state index contributed by atoms with van der Waals surface area (Å²) >= 11 is 0. The molecule has 3 N–H and O–H groups in total. The van der Waals surface area contributed by atoms with Crippen molar-refractivity contribution >= 4 is 28.2 Å². The lowest BCUT2D eigenvalue weighted by Gasteiger charge is -2.14. The molecule has 5 aromatic rings. The molecule has 2 atom stereocenters. The van der Waals surface area contributed by atoms with Gasteiger partial charge in [-0.15, -0.1) is 0 Å². The maximum absolute atomic E-state index is 12.9. The predicted molar refractivity (Wildman–Crippen MR) is 139 cm³/mol. The van der Waals surface area contributed by atoms with Crippen molar-refractivity contribution < 1.29 is 4.79 Å². The number of amides is 1. The normalized spacial score (nSPS) is 16.9. The number of benzene rings is 1. The topological polar surface area (TPSA) is 117 Å². The number of hydrogen-bond acceptors (Lipinski definition) is 6. The summed E-state index contributed by atoms with van der Waals surface area (Å²) in [6.07, 6.45) is 9.90. The zero-order valence-corrected chi connectivity index (χ0v) is 20.3. The first-order valence-electron chi connectivity index (χ1n) is 11.8. The van der Waals surface area contributed by atoms with Gasteiger partial charge in [0.15, 0.2) is 0 Å². The molecule has 0 unspecified atom stereocenters. The van der Waals surface area contributed by atoms with Crippen LogP contribution >= 0.6 is 0 Å². The highest BCUT2D eigenvalue weighted by Crippen LogP contribution is 2.48. The number of carbonyl (C=O) groups is 1. The largest absolute Gasteiger partial charge is 0.398 e. The third-order valence-corrected chi connectivity index (χ3v) is 6.91. The Balaban J connectivity index is 1.33. The lowest BCUT2D eigenvalue weighted by Crippen LogP contribution is -2.15. The Bertz CT molecular complexity index is 1630. The number of aromatic nitrogens is 6. The molecule has 4 aromatic heterocycles. The number of fused-ring (bicyclic) bond motifs is 1. The molecule has 9 nitrogen and oxygen atoms in total. The number of nitrogens with zero attached hydrogens (tertiary/aromatic N) is 6. The van der Waals surface area contributed by atoms with Gasteiger partial charge in [-0.3, -0.25) is 19.1 Å². The van der Waals surface area contributed by atoms with E-state index in [4.69, 9.17) is 5.73 Å². The second kappa shape index (κ2) is 8.30. The SMILES string of the molecule is Cc1ccnc(-c2ccnn2C)c1-c1cc(N)c2cnc(NC(=O)[C@H]3C[C@@H]3c3cnn(C)c3)cc2c1. The number of hydrogen-bond donors (Lipinski definition) is 2. The van der Waals surface area contributed by atoms with Crippen LogP contribution in [0.4, 0.5) is 11.5 Å². The fraction of sp³-hybridized carbons (Fsp3) is 0.222. The Kier molecular flexibility index (Phi) is 5.06. The van der Waals surface area contributed by atoms with Gasteiger partial charge < -0.3 is 11.1 Å². The monoisotopic (exact) mass is 478 g/mol. The van der Waals surface area contributed by atoms with Crippen molar-refractivity contribution in [1.82, 2.24) is 29.5 Å². The molecule has 0 aliphatic heterocycles. The van der Waals surface area contributed by atoms with Crippen LogP contribution in [-0.2, 0) is 18.9 Å². The minimum absolute atomic E-state index is 0.0265. The van der Waals surface area contributed by atoms with E-state index in [0.717, 1.165) is 50.8 Å². The van der Waals surface area contributed by atoms with Crippen molar-refractivity contribution in [2.75, 3.05) is 11.1 Å². The van der Waals surface area contributed by atoms with Crippen LogP contribution in [0.2, 0.25) is 0 Å². The first kappa shape index (κ1) is 22.0. The van der Waals surface area contributed by atoms with E-state index in [9.17, 15) is 4.79 Å². The zero-order chi connectivity index (χ0) is 25.0. The number of anilines is 2. The average molecular weight is 479 g/mol. The number of rotatable bonds is 5. The average Bonchev–Trinajstić information content (AvgIpc) is 3.36. The van der Waals surface area contributed by atoms with Crippen LogP contribution < -0.4 is 11.1 Å². The number of aryl methyl sites for hydroxylation is 3. The zero-order valence-electron chi connectivity index (χ0n) is 20.3. The van der Waals surface area contributed by atoms with E-state index in [1.807, 2.05) is 55.4 Å². The first-order valence-corrected chi connectivity index (χ1v) is 11.8. The van der Waals surface area contributed by atoms with Crippen LogP contribution in [-0.4, -0.2) is 35.4 Å². The smallest absolute Gasteiger partial charge is 0.229 e. The minimum atomic E-state index is -0.0670. The quantitative estimate of drug-likeness (QED) is 0.368. The molecule has 0 radical (unpaired) electrons.